The fourth-order valence-electron chi connectivity index (χ4n) is 1.34. The average Bonchev–Trinajstić information content (AvgIpc) is 2.35. The number of carbonyl (C=O) groups excluding carboxylic acids is 2. The monoisotopic (exact) mass is 281 g/mol. The summed E-state index contributed by atoms with van der Waals surface area (Å²) in [5.74, 6) is -4.90. The molecule has 112 valence electrons. The minimum absolute atomic E-state index is 0.226. The molecule has 0 aromatic carbocycles. The van der Waals surface area contributed by atoms with Gasteiger partial charge in [0.25, 0.3) is 0 Å². The first-order chi connectivity index (χ1) is 8.81. The van der Waals surface area contributed by atoms with Crippen LogP contribution in [-0.2, 0) is 14.3 Å². The molecule has 0 aromatic rings. The Hall–Kier alpha value is -1.40. The fourth-order valence-corrected chi connectivity index (χ4v) is 1.34. The number of carbonyl (C=O) groups is 2. The van der Waals surface area contributed by atoms with Crippen LogP contribution >= 0.6 is 0 Å². The summed E-state index contributed by atoms with van der Waals surface area (Å²) >= 11 is 0. The van der Waals surface area contributed by atoms with E-state index < -0.39 is 24.4 Å². The predicted octanol–water partition coefficient (Wildman–Crippen LogP) is 2.44. The smallest absolute Gasteiger partial charge is 0.409 e. The molecule has 0 aliphatic heterocycles. The molecule has 5 nitrogen and oxygen atoms in total. The van der Waals surface area contributed by atoms with Crippen LogP contribution in [0.4, 0.5) is 13.6 Å². The number of rotatable bonds is 8. The van der Waals surface area contributed by atoms with Gasteiger partial charge in [-0.25, -0.2) is 9.59 Å². The third kappa shape index (κ3) is 7.58. The molecule has 0 radical (unpaired) electrons. The maximum absolute atomic E-state index is 13.0. The summed E-state index contributed by atoms with van der Waals surface area (Å²) in [5.41, 5.74) is 0. The van der Waals surface area contributed by atoms with Crippen LogP contribution in [0, 0.1) is 0 Å². The van der Waals surface area contributed by atoms with Crippen LogP contribution in [0.5, 0.6) is 0 Å². The van der Waals surface area contributed by atoms with Crippen LogP contribution in [-0.4, -0.2) is 50.7 Å². The zero-order valence-electron chi connectivity index (χ0n) is 11.6. The number of esters is 1. The first kappa shape index (κ1) is 17.6. The van der Waals surface area contributed by atoms with E-state index in [0.717, 1.165) is 7.11 Å². The number of unbranched alkanes of at least 4 members (excludes halogenated alkanes) is 3. The summed E-state index contributed by atoms with van der Waals surface area (Å²) in [7, 11) is 4.10. The van der Waals surface area contributed by atoms with Gasteiger partial charge in [-0.2, -0.15) is 8.78 Å². The second-order valence-corrected chi connectivity index (χ2v) is 4.37. The lowest BCUT2D eigenvalue weighted by atomic mass is 10.1. The van der Waals surface area contributed by atoms with E-state index in [2.05, 4.69) is 4.74 Å². The second-order valence-electron chi connectivity index (χ2n) is 4.37. The number of halogens is 2. The van der Waals surface area contributed by atoms with Crippen LogP contribution in [0.1, 0.15) is 32.1 Å². The maximum Gasteiger partial charge on any atom is 0.409 e. The van der Waals surface area contributed by atoms with Gasteiger partial charge in [0.2, 0.25) is 0 Å². The Bertz CT molecular complexity index is 295. The van der Waals surface area contributed by atoms with E-state index in [1.165, 1.54) is 4.90 Å². The molecule has 0 aromatic heterocycles. The molecule has 0 saturated carbocycles. The summed E-state index contributed by atoms with van der Waals surface area (Å²) in [6.07, 6.45) is 1.12. The van der Waals surface area contributed by atoms with Crippen molar-refractivity contribution in [1.82, 2.24) is 4.90 Å². The lowest BCUT2D eigenvalue weighted by Crippen LogP contribution is -2.29. The Morgan fingerprint density at radius 3 is 2.21 bits per heavy atom. The van der Waals surface area contributed by atoms with E-state index in [-0.39, 0.29) is 13.0 Å². The van der Waals surface area contributed by atoms with Crippen LogP contribution in [0.15, 0.2) is 0 Å². The maximum atomic E-state index is 13.0. The summed E-state index contributed by atoms with van der Waals surface area (Å²) in [6.45, 7) is 0.268. The Morgan fingerprint density at radius 2 is 1.68 bits per heavy atom. The SMILES string of the molecule is COC(=O)C(F)(F)CCCCCCOC(=O)N(C)C. The average molecular weight is 281 g/mol. The highest BCUT2D eigenvalue weighted by atomic mass is 19.3. The number of hydrogen-bond donors (Lipinski definition) is 0. The van der Waals surface area contributed by atoms with Gasteiger partial charge in [0.15, 0.2) is 0 Å². The first-order valence-corrected chi connectivity index (χ1v) is 6.11. The first-order valence-electron chi connectivity index (χ1n) is 6.11. The Balaban J connectivity index is 3.56. The standard InChI is InChI=1S/C12H21F2NO4/c1-15(2)11(17)19-9-7-5-4-6-8-12(13,14)10(16)18-3/h4-9H2,1-3H3. The molecular formula is C12H21F2NO4. The molecule has 0 saturated heterocycles. The van der Waals surface area contributed by atoms with Crippen LogP contribution in [0.25, 0.3) is 0 Å². The minimum atomic E-state index is -3.41. The molecule has 0 bridgehead atoms. The number of nitrogens with zero attached hydrogens (tertiary/aromatic N) is 1. The van der Waals surface area contributed by atoms with Gasteiger partial charge in [0.1, 0.15) is 0 Å². The molecule has 0 unspecified atom stereocenters. The number of hydrogen-bond acceptors (Lipinski definition) is 4. The quantitative estimate of drug-likeness (QED) is 0.506. The molecule has 0 heterocycles. The Labute approximate surface area is 111 Å². The highest BCUT2D eigenvalue weighted by molar-refractivity contribution is 5.77. The van der Waals surface area contributed by atoms with E-state index in [9.17, 15) is 18.4 Å². The topological polar surface area (TPSA) is 55.8 Å². The fraction of sp³-hybridized carbons (Fsp3) is 0.833. The van der Waals surface area contributed by atoms with Crippen LogP contribution < -0.4 is 0 Å². The van der Waals surface area contributed by atoms with Crippen molar-refractivity contribution < 1.29 is 27.8 Å². The Morgan fingerprint density at radius 1 is 1.11 bits per heavy atom. The third-order valence-corrected chi connectivity index (χ3v) is 2.46. The van der Waals surface area contributed by atoms with Gasteiger partial charge in [0.05, 0.1) is 13.7 Å². The zero-order valence-corrected chi connectivity index (χ0v) is 11.6. The molecular weight excluding hydrogens is 260 g/mol. The van der Waals surface area contributed by atoms with Gasteiger partial charge in [0, 0.05) is 20.5 Å². The lowest BCUT2D eigenvalue weighted by Gasteiger charge is -2.13. The zero-order chi connectivity index (χ0) is 14.9. The largest absolute Gasteiger partial charge is 0.465 e. The van der Waals surface area contributed by atoms with Crippen molar-refractivity contribution in [2.45, 2.75) is 38.0 Å². The number of methoxy groups -OCH3 is 1. The van der Waals surface area contributed by atoms with E-state index >= 15 is 0 Å². The molecule has 7 heteroatoms. The lowest BCUT2D eigenvalue weighted by molar-refractivity contribution is -0.169. The van der Waals surface area contributed by atoms with E-state index in [1.54, 1.807) is 14.1 Å². The number of amides is 1. The van der Waals surface area contributed by atoms with Gasteiger partial charge in [-0.1, -0.05) is 12.8 Å². The molecule has 19 heavy (non-hydrogen) atoms. The summed E-state index contributed by atoms with van der Waals surface area (Å²) < 4.78 is 35.0. The summed E-state index contributed by atoms with van der Waals surface area (Å²) in [5, 5.41) is 0. The number of ether oxygens (including phenoxy) is 2. The van der Waals surface area contributed by atoms with Gasteiger partial charge < -0.3 is 14.4 Å². The normalized spacial score (nSPS) is 11.0. The highest BCUT2D eigenvalue weighted by Crippen LogP contribution is 2.23. The van der Waals surface area contributed by atoms with Crippen molar-refractivity contribution in [1.29, 1.82) is 0 Å². The minimum Gasteiger partial charge on any atom is -0.465 e. The second kappa shape index (κ2) is 8.66. The van der Waals surface area contributed by atoms with Crippen molar-refractivity contribution in [3.05, 3.63) is 0 Å². The molecule has 0 aliphatic carbocycles. The van der Waals surface area contributed by atoms with Crippen molar-refractivity contribution in [3.63, 3.8) is 0 Å². The van der Waals surface area contributed by atoms with Crippen molar-refractivity contribution in [2.75, 3.05) is 27.8 Å². The van der Waals surface area contributed by atoms with Crippen molar-refractivity contribution >= 4 is 12.1 Å². The summed E-state index contributed by atoms with van der Waals surface area (Å²) in [4.78, 5) is 23.0. The molecule has 0 fully saturated rings. The van der Waals surface area contributed by atoms with Gasteiger partial charge >= 0.3 is 18.0 Å². The summed E-state index contributed by atoms with van der Waals surface area (Å²) in [6, 6.07) is 0. The highest BCUT2D eigenvalue weighted by Gasteiger charge is 2.38. The number of alkyl halides is 2. The van der Waals surface area contributed by atoms with Crippen LogP contribution in [0.3, 0.4) is 0 Å². The molecule has 0 atom stereocenters. The van der Waals surface area contributed by atoms with E-state index in [4.69, 9.17) is 4.74 Å². The van der Waals surface area contributed by atoms with E-state index in [0.29, 0.717) is 19.3 Å². The van der Waals surface area contributed by atoms with Gasteiger partial charge in [-0.15, -0.1) is 0 Å². The van der Waals surface area contributed by atoms with Crippen molar-refractivity contribution in [3.8, 4) is 0 Å². The van der Waals surface area contributed by atoms with Crippen molar-refractivity contribution in [2.24, 2.45) is 0 Å². The van der Waals surface area contributed by atoms with Gasteiger partial charge in [-0.3, -0.25) is 0 Å². The molecule has 0 spiro atoms. The molecule has 0 aliphatic rings. The Kier molecular flexibility index (Phi) is 8.02. The molecule has 0 rings (SSSR count). The third-order valence-electron chi connectivity index (χ3n) is 2.46. The van der Waals surface area contributed by atoms with Crippen LogP contribution in [0.2, 0.25) is 0 Å². The predicted molar refractivity (Wildman–Crippen MR) is 65.1 cm³/mol. The van der Waals surface area contributed by atoms with E-state index in [1.807, 2.05) is 0 Å². The van der Waals surface area contributed by atoms with Gasteiger partial charge in [-0.05, 0) is 12.8 Å². The molecule has 1 amide bonds. The molecule has 0 N–H and O–H groups in total.